The van der Waals surface area contributed by atoms with Gasteiger partial charge >= 0.3 is 0 Å². The van der Waals surface area contributed by atoms with Gasteiger partial charge in [-0.3, -0.25) is 14.1 Å². The molecule has 1 aromatic heterocycles. The van der Waals surface area contributed by atoms with Gasteiger partial charge in [-0.25, -0.2) is 0 Å². The third-order valence-electron chi connectivity index (χ3n) is 6.12. The number of fused-ring (bicyclic) bond motifs is 1. The Morgan fingerprint density at radius 2 is 1.78 bits per heavy atom. The molecule has 0 radical (unpaired) electrons. The first-order chi connectivity index (χ1) is 17.7. The molecule has 0 bridgehead atoms. The average molecular weight is 567 g/mol. The van der Waals surface area contributed by atoms with Gasteiger partial charge < -0.3 is 24.4 Å². The molecule has 9 nitrogen and oxygen atoms in total. The van der Waals surface area contributed by atoms with Gasteiger partial charge in [-0.05, 0) is 18.6 Å². The SMILES string of the molecule is COc1cc(Nc2c(C#N)cnc3cc(OCCCN4CCS(O)(O)CC4)c(OC)cc23)c(Cl)cc1Cl. The smallest absolute Gasteiger partial charge is 0.163 e. The zero-order valence-corrected chi connectivity index (χ0v) is 22.8. The van der Waals surface area contributed by atoms with Gasteiger partial charge in [0.15, 0.2) is 11.5 Å². The summed E-state index contributed by atoms with van der Waals surface area (Å²) in [5.41, 5.74) is 1.96. The summed E-state index contributed by atoms with van der Waals surface area (Å²) in [6.07, 6.45) is 2.26. The van der Waals surface area contributed by atoms with E-state index in [-0.39, 0.29) is 0 Å². The molecule has 0 unspecified atom stereocenters. The van der Waals surface area contributed by atoms with Crippen molar-refractivity contribution in [2.24, 2.45) is 0 Å². The minimum Gasteiger partial charge on any atom is -0.495 e. The number of hydrogen-bond donors (Lipinski definition) is 3. The second kappa shape index (κ2) is 11.8. The highest BCUT2D eigenvalue weighted by Crippen LogP contribution is 2.41. The summed E-state index contributed by atoms with van der Waals surface area (Å²) in [4.78, 5) is 6.65. The number of aromatic nitrogens is 1. The van der Waals surface area contributed by atoms with Crippen molar-refractivity contribution in [3.63, 3.8) is 0 Å². The molecule has 3 aromatic rings. The predicted octanol–water partition coefficient (Wildman–Crippen LogP) is 6.01. The molecule has 1 aliphatic heterocycles. The van der Waals surface area contributed by atoms with Gasteiger partial charge in [0, 0.05) is 43.4 Å². The lowest BCUT2D eigenvalue weighted by Gasteiger charge is -2.40. The van der Waals surface area contributed by atoms with Crippen LogP contribution < -0.4 is 19.5 Å². The van der Waals surface area contributed by atoms with Gasteiger partial charge in [-0.2, -0.15) is 15.9 Å². The van der Waals surface area contributed by atoms with Crippen LogP contribution in [-0.4, -0.2) is 71.0 Å². The van der Waals surface area contributed by atoms with E-state index in [0.717, 1.165) is 13.0 Å². The van der Waals surface area contributed by atoms with Crippen molar-refractivity contribution < 1.29 is 23.3 Å². The number of anilines is 2. The molecular weight excluding hydrogens is 539 g/mol. The Morgan fingerprint density at radius 3 is 2.46 bits per heavy atom. The molecule has 0 aliphatic carbocycles. The van der Waals surface area contributed by atoms with E-state index >= 15 is 0 Å². The first-order valence-electron chi connectivity index (χ1n) is 11.5. The van der Waals surface area contributed by atoms with Crippen molar-refractivity contribution in [3.05, 3.63) is 46.1 Å². The molecule has 198 valence electrons. The molecule has 37 heavy (non-hydrogen) atoms. The number of methoxy groups -OCH3 is 2. The van der Waals surface area contributed by atoms with Crippen LogP contribution in [0.5, 0.6) is 17.2 Å². The van der Waals surface area contributed by atoms with E-state index in [1.165, 1.54) is 13.3 Å². The fourth-order valence-corrected chi connectivity index (χ4v) is 5.88. The van der Waals surface area contributed by atoms with Gasteiger partial charge in [0.1, 0.15) is 11.8 Å². The van der Waals surface area contributed by atoms with Crippen molar-refractivity contribution in [1.29, 1.82) is 5.26 Å². The minimum absolute atomic E-state index is 0.325. The van der Waals surface area contributed by atoms with Crippen LogP contribution in [0.2, 0.25) is 10.0 Å². The third kappa shape index (κ3) is 6.44. The lowest BCUT2D eigenvalue weighted by atomic mass is 10.1. The molecule has 0 saturated carbocycles. The van der Waals surface area contributed by atoms with Crippen molar-refractivity contribution in [3.8, 4) is 23.3 Å². The zero-order chi connectivity index (χ0) is 26.6. The normalized spacial score (nSPS) is 16.1. The van der Waals surface area contributed by atoms with Crippen LogP contribution in [0.4, 0.5) is 11.4 Å². The molecule has 3 N–H and O–H groups in total. The number of ether oxygens (including phenoxy) is 3. The Labute approximate surface area is 227 Å². The van der Waals surface area contributed by atoms with Gasteiger partial charge in [-0.1, -0.05) is 23.2 Å². The molecule has 1 fully saturated rings. The Kier molecular flexibility index (Phi) is 8.75. The molecule has 1 saturated heterocycles. The van der Waals surface area contributed by atoms with Crippen LogP contribution in [0, 0.1) is 11.3 Å². The van der Waals surface area contributed by atoms with Gasteiger partial charge in [-0.15, -0.1) is 0 Å². The van der Waals surface area contributed by atoms with E-state index in [1.807, 2.05) is 0 Å². The lowest BCUT2D eigenvalue weighted by molar-refractivity contribution is 0.236. The summed E-state index contributed by atoms with van der Waals surface area (Å²) in [6.45, 7) is 2.60. The number of nitrogens with one attached hydrogen (secondary N) is 1. The summed E-state index contributed by atoms with van der Waals surface area (Å²) in [7, 11) is 0.664. The minimum atomic E-state index is -2.40. The Hall–Kier alpha value is -2.65. The Morgan fingerprint density at radius 1 is 1.05 bits per heavy atom. The quantitative estimate of drug-likeness (QED) is 0.267. The van der Waals surface area contributed by atoms with Gasteiger partial charge in [0.05, 0.1) is 64.8 Å². The second-order valence-electron chi connectivity index (χ2n) is 8.52. The van der Waals surface area contributed by atoms with Crippen molar-refractivity contribution >= 4 is 56.1 Å². The van der Waals surface area contributed by atoms with Gasteiger partial charge in [0.25, 0.3) is 0 Å². The van der Waals surface area contributed by atoms with Crippen molar-refractivity contribution in [2.45, 2.75) is 6.42 Å². The van der Waals surface area contributed by atoms with E-state index in [2.05, 4.69) is 21.3 Å². The van der Waals surface area contributed by atoms with Crippen LogP contribution in [0.25, 0.3) is 10.9 Å². The van der Waals surface area contributed by atoms with Crippen LogP contribution in [0.3, 0.4) is 0 Å². The number of pyridine rings is 1. The molecule has 0 amide bonds. The molecule has 0 spiro atoms. The summed E-state index contributed by atoms with van der Waals surface area (Å²) in [5, 5.41) is 14.4. The number of rotatable bonds is 9. The topological polar surface area (TPSA) is 120 Å². The van der Waals surface area contributed by atoms with Gasteiger partial charge in [0.2, 0.25) is 0 Å². The monoisotopic (exact) mass is 566 g/mol. The summed E-state index contributed by atoms with van der Waals surface area (Å²) in [5.74, 6) is 2.33. The zero-order valence-electron chi connectivity index (χ0n) is 20.5. The maximum atomic E-state index is 9.77. The molecule has 2 aromatic carbocycles. The first-order valence-corrected chi connectivity index (χ1v) is 14.2. The first kappa shape index (κ1) is 27.4. The summed E-state index contributed by atoms with van der Waals surface area (Å²) < 4.78 is 36.4. The molecule has 0 atom stereocenters. The molecule has 12 heteroatoms. The van der Waals surface area contributed by atoms with Crippen LogP contribution in [0.15, 0.2) is 30.5 Å². The molecule has 2 heterocycles. The fraction of sp³-hybridized carbons (Fsp3) is 0.360. The number of nitrogens with zero attached hydrogens (tertiary/aromatic N) is 3. The molecule has 1 aliphatic rings. The number of benzene rings is 2. The van der Waals surface area contributed by atoms with Crippen LogP contribution >= 0.6 is 33.8 Å². The summed E-state index contributed by atoms with van der Waals surface area (Å²) >= 11 is 12.6. The Bertz CT molecular complexity index is 1320. The maximum absolute atomic E-state index is 9.77. The van der Waals surface area contributed by atoms with E-state index in [0.29, 0.717) is 86.3 Å². The molecule has 4 rings (SSSR count). The van der Waals surface area contributed by atoms with E-state index in [9.17, 15) is 14.4 Å². The maximum Gasteiger partial charge on any atom is 0.163 e. The van der Waals surface area contributed by atoms with Crippen molar-refractivity contribution in [2.75, 3.05) is 57.3 Å². The number of hydrogen-bond acceptors (Lipinski definition) is 9. The fourth-order valence-electron chi connectivity index (χ4n) is 4.07. The van der Waals surface area contributed by atoms with E-state index < -0.39 is 10.6 Å². The second-order valence-corrected chi connectivity index (χ2v) is 11.8. The highest BCUT2D eigenvalue weighted by atomic mass is 35.5. The standard InChI is InChI=1S/C25H28Cl2N4O5S/c1-34-22-13-21(18(26)11-19(22)27)30-25-16(14-28)15-29-20-12-24(23(35-2)10-17(20)25)36-7-3-4-31-5-8-37(32,33)9-6-31/h10-13,15,32-33H,3-9H2,1-2H3,(H,29,30). The van der Waals surface area contributed by atoms with E-state index in [1.54, 1.807) is 31.4 Å². The highest BCUT2D eigenvalue weighted by molar-refractivity contribution is 8.24. The molecular formula is C25H28Cl2N4O5S. The van der Waals surface area contributed by atoms with Crippen LogP contribution in [-0.2, 0) is 0 Å². The number of halogens is 2. The third-order valence-corrected chi connectivity index (χ3v) is 8.40. The lowest BCUT2D eigenvalue weighted by Crippen LogP contribution is -2.39. The van der Waals surface area contributed by atoms with E-state index in [4.69, 9.17) is 37.4 Å². The predicted molar refractivity (Wildman–Crippen MR) is 148 cm³/mol. The number of nitriles is 1. The average Bonchev–Trinajstić information content (AvgIpc) is 2.88. The van der Waals surface area contributed by atoms with Crippen molar-refractivity contribution in [1.82, 2.24) is 9.88 Å². The Balaban J connectivity index is 1.55. The van der Waals surface area contributed by atoms with Crippen LogP contribution in [0.1, 0.15) is 12.0 Å². The summed E-state index contributed by atoms with van der Waals surface area (Å²) in [6, 6.07) is 8.95. The largest absolute Gasteiger partial charge is 0.495 e. The highest BCUT2D eigenvalue weighted by Gasteiger charge is 2.22.